The minimum absolute atomic E-state index is 0.0498. The van der Waals surface area contributed by atoms with E-state index in [1.807, 2.05) is 26.0 Å². The number of aliphatic hydroxyl groups is 1. The predicted molar refractivity (Wildman–Crippen MR) is 125 cm³/mol. The molecule has 1 saturated heterocycles. The van der Waals surface area contributed by atoms with E-state index in [4.69, 9.17) is 4.74 Å². The number of hydrogen-bond acceptors (Lipinski definition) is 4. The zero-order valence-corrected chi connectivity index (χ0v) is 18.4. The summed E-state index contributed by atoms with van der Waals surface area (Å²) in [5.41, 5.74) is 2.05. The normalized spacial score (nSPS) is 17.4. The maximum absolute atomic E-state index is 14.0. The molecule has 0 aliphatic carbocycles. The fourth-order valence-corrected chi connectivity index (χ4v) is 4.02. The van der Waals surface area contributed by atoms with Crippen LogP contribution in [0.4, 0.5) is 10.1 Å². The molecule has 1 unspecified atom stereocenters. The Morgan fingerprint density at radius 1 is 1.03 bits per heavy atom. The van der Waals surface area contributed by atoms with E-state index in [1.165, 1.54) is 23.1 Å². The Bertz CT molecular complexity index is 1250. The minimum Gasteiger partial charge on any atom is -0.507 e. The largest absolute Gasteiger partial charge is 0.507 e. The van der Waals surface area contributed by atoms with E-state index in [9.17, 15) is 19.1 Å². The van der Waals surface area contributed by atoms with Gasteiger partial charge in [-0.25, -0.2) is 4.39 Å². The Morgan fingerprint density at radius 2 is 1.79 bits per heavy atom. The van der Waals surface area contributed by atoms with Crippen molar-refractivity contribution in [2.24, 2.45) is 0 Å². The molecule has 1 N–H and O–H groups in total. The van der Waals surface area contributed by atoms with Crippen LogP contribution in [0.2, 0.25) is 0 Å². The third-order valence-corrected chi connectivity index (χ3v) is 5.59. The highest BCUT2D eigenvalue weighted by Crippen LogP contribution is 2.43. The molecule has 1 atom stereocenters. The predicted octanol–water partition coefficient (Wildman–Crippen LogP) is 5.55. The molecule has 0 spiro atoms. The van der Waals surface area contributed by atoms with Crippen molar-refractivity contribution < 1.29 is 23.8 Å². The van der Waals surface area contributed by atoms with E-state index in [0.29, 0.717) is 23.5 Å². The second-order valence-corrected chi connectivity index (χ2v) is 7.88. The third kappa shape index (κ3) is 4.24. The van der Waals surface area contributed by atoms with Crippen LogP contribution in [0.25, 0.3) is 5.76 Å². The standard InChI is InChI=1S/C27H24FNO4/c1-3-14-33-21-12-6-9-18(15-21)25(30)23-24(22-13-5-4-8-17(22)2)29(27(32)26(23)31)20-11-7-10-19(28)16-20/h4-13,15-16,24,30H,3,14H2,1-2H3/b25-23+. The Hall–Kier alpha value is -3.93. The average Bonchev–Trinajstić information content (AvgIpc) is 3.08. The molecule has 5 nitrogen and oxygen atoms in total. The van der Waals surface area contributed by atoms with Crippen LogP contribution in [0.1, 0.15) is 36.1 Å². The molecule has 1 amide bonds. The molecule has 1 aliphatic rings. The number of Topliss-reactive ketones (excluding diaryl/α,β-unsaturated/α-hetero) is 1. The number of benzene rings is 3. The fraction of sp³-hybridized carbons (Fsp3) is 0.185. The van der Waals surface area contributed by atoms with Gasteiger partial charge in [-0.15, -0.1) is 0 Å². The van der Waals surface area contributed by atoms with Crippen molar-refractivity contribution in [1.29, 1.82) is 0 Å². The van der Waals surface area contributed by atoms with Gasteiger partial charge in [0.05, 0.1) is 18.2 Å². The molecule has 1 fully saturated rings. The smallest absolute Gasteiger partial charge is 0.300 e. The molecule has 0 radical (unpaired) electrons. The number of amides is 1. The first-order valence-electron chi connectivity index (χ1n) is 10.8. The lowest BCUT2D eigenvalue weighted by molar-refractivity contribution is -0.132. The molecule has 3 aromatic carbocycles. The van der Waals surface area contributed by atoms with Gasteiger partial charge in [0.1, 0.15) is 17.3 Å². The van der Waals surface area contributed by atoms with Crippen LogP contribution in [0, 0.1) is 12.7 Å². The van der Waals surface area contributed by atoms with Crippen LogP contribution in [0.3, 0.4) is 0 Å². The van der Waals surface area contributed by atoms with Gasteiger partial charge in [0.15, 0.2) is 0 Å². The molecule has 3 aromatic rings. The van der Waals surface area contributed by atoms with Gasteiger partial charge in [-0.05, 0) is 54.8 Å². The van der Waals surface area contributed by atoms with Gasteiger partial charge in [0.2, 0.25) is 0 Å². The van der Waals surface area contributed by atoms with Gasteiger partial charge in [-0.1, -0.05) is 49.4 Å². The summed E-state index contributed by atoms with van der Waals surface area (Å²) in [4.78, 5) is 27.6. The summed E-state index contributed by atoms with van der Waals surface area (Å²) >= 11 is 0. The first-order valence-corrected chi connectivity index (χ1v) is 10.8. The summed E-state index contributed by atoms with van der Waals surface area (Å²) in [6.07, 6.45) is 0.822. The first-order chi connectivity index (χ1) is 15.9. The number of ether oxygens (including phenoxy) is 1. The molecule has 1 heterocycles. The zero-order valence-electron chi connectivity index (χ0n) is 18.4. The van der Waals surface area contributed by atoms with E-state index in [-0.39, 0.29) is 17.0 Å². The SMILES string of the molecule is CCCOc1cccc(/C(O)=C2\C(=O)C(=O)N(c3cccc(F)c3)C2c2ccccc2C)c1. The quantitative estimate of drug-likeness (QED) is 0.307. The molecular formula is C27H24FNO4. The highest BCUT2D eigenvalue weighted by atomic mass is 19.1. The second kappa shape index (κ2) is 9.28. The number of ketones is 1. The number of aryl methyl sites for hydroxylation is 1. The van der Waals surface area contributed by atoms with Crippen LogP contribution in [0.5, 0.6) is 5.75 Å². The van der Waals surface area contributed by atoms with Crippen molar-refractivity contribution in [2.75, 3.05) is 11.5 Å². The molecule has 4 rings (SSSR count). The number of carbonyl (C=O) groups excluding carboxylic acids is 2. The van der Waals surface area contributed by atoms with Crippen molar-refractivity contribution in [2.45, 2.75) is 26.3 Å². The molecule has 0 bridgehead atoms. The van der Waals surface area contributed by atoms with Crippen molar-refractivity contribution in [3.05, 3.63) is 101 Å². The van der Waals surface area contributed by atoms with E-state index in [2.05, 4.69) is 0 Å². The highest BCUT2D eigenvalue weighted by Gasteiger charge is 2.47. The minimum atomic E-state index is -0.909. The fourth-order valence-electron chi connectivity index (χ4n) is 4.02. The van der Waals surface area contributed by atoms with E-state index >= 15 is 0 Å². The van der Waals surface area contributed by atoms with Gasteiger partial charge in [0.25, 0.3) is 11.7 Å². The third-order valence-electron chi connectivity index (χ3n) is 5.59. The molecule has 0 saturated carbocycles. The van der Waals surface area contributed by atoms with E-state index in [0.717, 1.165) is 12.0 Å². The maximum atomic E-state index is 14.0. The number of aliphatic hydroxyl groups excluding tert-OH is 1. The monoisotopic (exact) mass is 445 g/mol. The van der Waals surface area contributed by atoms with Crippen LogP contribution >= 0.6 is 0 Å². The summed E-state index contributed by atoms with van der Waals surface area (Å²) < 4.78 is 19.7. The lowest BCUT2D eigenvalue weighted by Gasteiger charge is -2.26. The van der Waals surface area contributed by atoms with Gasteiger partial charge in [0, 0.05) is 11.3 Å². The Labute approximate surface area is 191 Å². The molecule has 33 heavy (non-hydrogen) atoms. The molecule has 0 aromatic heterocycles. The number of nitrogens with zero attached hydrogens (tertiary/aromatic N) is 1. The molecule has 6 heteroatoms. The number of rotatable bonds is 6. The summed E-state index contributed by atoms with van der Waals surface area (Å²) in [6.45, 7) is 4.36. The van der Waals surface area contributed by atoms with Gasteiger partial charge < -0.3 is 9.84 Å². The summed E-state index contributed by atoms with van der Waals surface area (Å²) in [5, 5.41) is 11.3. The highest BCUT2D eigenvalue weighted by molar-refractivity contribution is 6.51. The van der Waals surface area contributed by atoms with Crippen molar-refractivity contribution in [3.63, 3.8) is 0 Å². The van der Waals surface area contributed by atoms with E-state index < -0.39 is 23.5 Å². The lowest BCUT2D eigenvalue weighted by Crippen LogP contribution is -2.29. The van der Waals surface area contributed by atoms with E-state index in [1.54, 1.807) is 42.5 Å². The van der Waals surface area contributed by atoms with Crippen LogP contribution in [0.15, 0.2) is 78.4 Å². The number of hydrogen-bond donors (Lipinski definition) is 1. The maximum Gasteiger partial charge on any atom is 0.300 e. The molecule has 1 aliphatic heterocycles. The summed E-state index contributed by atoms with van der Waals surface area (Å²) in [7, 11) is 0. The van der Waals surface area contributed by atoms with Crippen molar-refractivity contribution >= 4 is 23.1 Å². The first kappa shape index (κ1) is 22.3. The Kier molecular flexibility index (Phi) is 6.27. The number of halogens is 1. The number of anilines is 1. The number of carbonyl (C=O) groups is 2. The van der Waals surface area contributed by atoms with Crippen molar-refractivity contribution in [3.8, 4) is 5.75 Å². The van der Waals surface area contributed by atoms with Crippen LogP contribution in [-0.2, 0) is 9.59 Å². The molecular weight excluding hydrogens is 421 g/mol. The lowest BCUT2D eigenvalue weighted by atomic mass is 9.92. The van der Waals surface area contributed by atoms with Crippen LogP contribution in [-0.4, -0.2) is 23.4 Å². The Balaban J connectivity index is 1.91. The van der Waals surface area contributed by atoms with Crippen LogP contribution < -0.4 is 9.64 Å². The van der Waals surface area contributed by atoms with Gasteiger partial charge in [-0.3, -0.25) is 14.5 Å². The molecule has 168 valence electrons. The van der Waals surface area contributed by atoms with Gasteiger partial charge in [-0.2, -0.15) is 0 Å². The summed E-state index contributed by atoms with van der Waals surface area (Å²) in [6, 6.07) is 18.7. The second-order valence-electron chi connectivity index (χ2n) is 7.88. The summed E-state index contributed by atoms with van der Waals surface area (Å²) in [5.74, 6) is -1.94. The van der Waals surface area contributed by atoms with Gasteiger partial charge >= 0.3 is 0 Å². The zero-order chi connectivity index (χ0) is 23.5. The average molecular weight is 445 g/mol. The Morgan fingerprint density at radius 3 is 2.52 bits per heavy atom. The van der Waals surface area contributed by atoms with Crippen molar-refractivity contribution in [1.82, 2.24) is 0 Å². The topological polar surface area (TPSA) is 66.8 Å².